The quantitative estimate of drug-likeness (QED) is 0.846. The monoisotopic (exact) mass is 316 g/mol. The van der Waals surface area contributed by atoms with Crippen molar-refractivity contribution < 1.29 is 9.59 Å². The molecule has 114 valence electrons. The summed E-state index contributed by atoms with van der Waals surface area (Å²) in [6.45, 7) is 3.77. The van der Waals surface area contributed by atoms with Gasteiger partial charge in [-0.3, -0.25) is 9.59 Å². The van der Waals surface area contributed by atoms with Crippen LogP contribution < -0.4 is 10.6 Å². The summed E-state index contributed by atoms with van der Waals surface area (Å²) >= 11 is 5.99. The topological polar surface area (TPSA) is 58.2 Å². The molecule has 0 spiro atoms. The van der Waals surface area contributed by atoms with Crippen molar-refractivity contribution in [1.29, 1.82) is 0 Å². The third-order valence-electron chi connectivity index (χ3n) is 3.37. The molecule has 0 bridgehead atoms. The first kappa shape index (κ1) is 16.0. The molecule has 22 heavy (non-hydrogen) atoms. The molecule has 0 aliphatic rings. The average molecular weight is 317 g/mol. The fraction of sp³-hybridized carbons (Fsp3) is 0.176. The number of benzene rings is 2. The Labute approximate surface area is 134 Å². The molecule has 0 saturated carbocycles. The van der Waals surface area contributed by atoms with Gasteiger partial charge in [0, 0.05) is 16.4 Å². The second-order valence-electron chi connectivity index (χ2n) is 4.83. The van der Waals surface area contributed by atoms with Crippen LogP contribution in [0.15, 0.2) is 42.5 Å². The maximum atomic E-state index is 12.0. The molecule has 0 fully saturated rings. The predicted molar refractivity (Wildman–Crippen MR) is 89.3 cm³/mol. The van der Waals surface area contributed by atoms with Crippen LogP contribution in [0.1, 0.15) is 18.1 Å². The molecule has 2 N–H and O–H groups in total. The van der Waals surface area contributed by atoms with Crippen LogP contribution in [0, 0.1) is 6.92 Å². The Bertz CT molecular complexity index is 714. The smallest absolute Gasteiger partial charge is 0.314 e. The summed E-state index contributed by atoms with van der Waals surface area (Å²) in [7, 11) is 0. The normalized spacial score (nSPS) is 10.1. The summed E-state index contributed by atoms with van der Waals surface area (Å²) in [6, 6.07) is 12.5. The molecule has 4 nitrogen and oxygen atoms in total. The Kier molecular flexibility index (Phi) is 5.17. The van der Waals surface area contributed by atoms with Gasteiger partial charge in [0.05, 0.1) is 0 Å². The molecule has 0 unspecified atom stereocenters. The van der Waals surface area contributed by atoms with E-state index in [9.17, 15) is 9.59 Å². The maximum absolute atomic E-state index is 12.0. The number of nitrogens with one attached hydrogen (secondary N) is 2. The van der Waals surface area contributed by atoms with Crippen LogP contribution in [0.5, 0.6) is 0 Å². The van der Waals surface area contributed by atoms with E-state index in [4.69, 9.17) is 11.6 Å². The first-order valence-corrected chi connectivity index (χ1v) is 7.36. The van der Waals surface area contributed by atoms with E-state index in [1.54, 1.807) is 31.2 Å². The minimum atomic E-state index is -0.726. The average Bonchev–Trinajstić information content (AvgIpc) is 2.52. The number of hydrogen-bond acceptors (Lipinski definition) is 2. The van der Waals surface area contributed by atoms with Gasteiger partial charge in [-0.15, -0.1) is 0 Å². The van der Waals surface area contributed by atoms with E-state index in [1.807, 2.05) is 25.1 Å². The van der Waals surface area contributed by atoms with Crippen LogP contribution in [-0.4, -0.2) is 11.8 Å². The first-order valence-electron chi connectivity index (χ1n) is 6.98. The van der Waals surface area contributed by atoms with Gasteiger partial charge in [-0.1, -0.05) is 42.8 Å². The van der Waals surface area contributed by atoms with Crippen LogP contribution in [0.25, 0.3) is 0 Å². The number of aryl methyl sites for hydroxylation is 1. The number of carbonyl (C=O) groups excluding carboxylic acids is 2. The van der Waals surface area contributed by atoms with Gasteiger partial charge >= 0.3 is 11.8 Å². The Morgan fingerprint density at radius 2 is 1.55 bits per heavy atom. The largest absolute Gasteiger partial charge is 0.318 e. The van der Waals surface area contributed by atoms with Crippen LogP contribution in [0.2, 0.25) is 5.02 Å². The van der Waals surface area contributed by atoms with E-state index in [0.717, 1.165) is 17.5 Å². The third kappa shape index (κ3) is 3.65. The minimum Gasteiger partial charge on any atom is -0.318 e. The molecule has 2 aromatic rings. The summed E-state index contributed by atoms with van der Waals surface area (Å²) in [5.41, 5.74) is 2.87. The van der Waals surface area contributed by atoms with E-state index < -0.39 is 11.8 Å². The molecule has 2 rings (SSSR count). The van der Waals surface area contributed by atoms with Crippen molar-refractivity contribution in [3.63, 3.8) is 0 Å². The zero-order valence-electron chi connectivity index (χ0n) is 12.4. The maximum Gasteiger partial charge on any atom is 0.314 e. The van der Waals surface area contributed by atoms with Crippen molar-refractivity contribution in [3.05, 3.63) is 58.6 Å². The highest BCUT2D eigenvalue weighted by Crippen LogP contribution is 2.23. The molecule has 0 aromatic heterocycles. The Balaban J connectivity index is 2.10. The highest BCUT2D eigenvalue weighted by molar-refractivity contribution is 6.44. The molecule has 0 heterocycles. The van der Waals surface area contributed by atoms with E-state index in [2.05, 4.69) is 10.6 Å². The number of halogens is 1. The summed E-state index contributed by atoms with van der Waals surface area (Å²) in [5, 5.41) is 5.74. The second kappa shape index (κ2) is 7.09. The van der Waals surface area contributed by atoms with E-state index in [-0.39, 0.29) is 0 Å². The van der Waals surface area contributed by atoms with Gasteiger partial charge in [0.1, 0.15) is 0 Å². The van der Waals surface area contributed by atoms with Crippen molar-refractivity contribution in [2.24, 2.45) is 0 Å². The van der Waals surface area contributed by atoms with Gasteiger partial charge in [-0.2, -0.15) is 0 Å². The van der Waals surface area contributed by atoms with Gasteiger partial charge in [-0.25, -0.2) is 0 Å². The lowest BCUT2D eigenvalue weighted by atomic mass is 10.1. The van der Waals surface area contributed by atoms with Crippen LogP contribution in [-0.2, 0) is 16.0 Å². The number of amides is 2. The molecule has 2 aromatic carbocycles. The lowest BCUT2D eigenvalue weighted by molar-refractivity contribution is -0.133. The van der Waals surface area contributed by atoms with Gasteiger partial charge in [0.15, 0.2) is 0 Å². The lowest BCUT2D eigenvalue weighted by Gasteiger charge is -2.11. The number of carbonyl (C=O) groups is 2. The Morgan fingerprint density at radius 3 is 2.23 bits per heavy atom. The predicted octanol–water partition coefficient (Wildman–Crippen LogP) is 3.79. The van der Waals surface area contributed by atoms with Crippen LogP contribution in [0.4, 0.5) is 11.4 Å². The fourth-order valence-electron chi connectivity index (χ4n) is 2.05. The summed E-state index contributed by atoms with van der Waals surface area (Å²) < 4.78 is 0. The summed E-state index contributed by atoms with van der Waals surface area (Å²) in [6.07, 6.45) is 0.769. The fourth-order valence-corrected chi connectivity index (χ4v) is 2.23. The zero-order valence-corrected chi connectivity index (χ0v) is 13.2. The summed E-state index contributed by atoms with van der Waals surface area (Å²) in [4.78, 5) is 24.0. The van der Waals surface area contributed by atoms with Crippen LogP contribution >= 0.6 is 11.6 Å². The SMILES string of the molecule is CCc1ccccc1NC(=O)C(=O)Nc1cccc(Cl)c1C. The standard InChI is InChI=1S/C17H17ClN2O2/c1-3-12-7-4-5-9-15(12)20-17(22)16(21)19-14-10-6-8-13(18)11(14)2/h4-10H,3H2,1-2H3,(H,19,21)(H,20,22). The van der Waals surface area contributed by atoms with E-state index >= 15 is 0 Å². The Morgan fingerprint density at radius 1 is 0.955 bits per heavy atom. The van der Waals surface area contributed by atoms with Gasteiger partial charge in [0.2, 0.25) is 0 Å². The van der Waals surface area contributed by atoms with Gasteiger partial charge < -0.3 is 10.6 Å². The molecular weight excluding hydrogens is 300 g/mol. The Hall–Kier alpha value is -2.33. The van der Waals surface area contributed by atoms with E-state index in [0.29, 0.717) is 16.4 Å². The number of rotatable bonds is 3. The molecule has 5 heteroatoms. The minimum absolute atomic E-state index is 0.524. The van der Waals surface area contributed by atoms with Gasteiger partial charge in [-0.05, 0) is 42.7 Å². The first-order chi connectivity index (χ1) is 10.5. The molecular formula is C17H17ClN2O2. The van der Waals surface area contributed by atoms with Crippen molar-refractivity contribution in [2.75, 3.05) is 10.6 Å². The molecule has 0 saturated heterocycles. The van der Waals surface area contributed by atoms with Gasteiger partial charge in [0.25, 0.3) is 0 Å². The molecule has 2 amide bonds. The lowest BCUT2D eigenvalue weighted by Crippen LogP contribution is -2.29. The molecule has 0 aliphatic carbocycles. The number of para-hydroxylation sites is 1. The summed E-state index contributed by atoms with van der Waals surface area (Å²) in [5.74, 6) is -1.43. The number of hydrogen-bond donors (Lipinski definition) is 2. The molecule has 0 atom stereocenters. The van der Waals surface area contributed by atoms with E-state index in [1.165, 1.54) is 0 Å². The van der Waals surface area contributed by atoms with Crippen molar-refractivity contribution in [2.45, 2.75) is 20.3 Å². The van der Waals surface area contributed by atoms with Crippen molar-refractivity contribution >= 4 is 34.8 Å². The van der Waals surface area contributed by atoms with Crippen molar-refractivity contribution in [1.82, 2.24) is 0 Å². The third-order valence-corrected chi connectivity index (χ3v) is 3.78. The molecule has 0 radical (unpaired) electrons. The van der Waals surface area contributed by atoms with Crippen LogP contribution in [0.3, 0.4) is 0 Å². The van der Waals surface area contributed by atoms with Crippen molar-refractivity contribution in [3.8, 4) is 0 Å². The number of anilines is 2. The highest BCUT2D eigenvalue weighted by atomic mass is 35.5. The highest BCUT2D eigenvalue weighted by Gasteiger charge is 2.16. The molecule has 0 aliphatic heterocycles. The second-order valence-corrected chi connectivity index (χ2v) is 5.24. The zero-order chi connectivity index (χ0) is 16.1.